The van der Waals surface area contributed by atoms with Gasteiger partial charge in [0, 0.05) is 25.6 Å². The van der Waals surface area contributed by atoms with Gasteiger partial charge in [0.1, 0.15) is 18.1 Å². The normalized spacial score (nSPS) is 16.1. The molecular formula is C26H32N4O3. The summed E-state index contributed by atoms with van der Waals surface area (Å²) < 4.78 is 7.17. The summed E-state index contributed by atoms with van der Waals surface area (Å²) in [6, 6.07) is 15.7. The molecule has 1 aliphatic rings. The Labute approximate surface area is 194 Å². The maximum atomic E-state index is 13.1. The number of nitrogens with one attached hydrogen (secondary N) is 1. The summed E-state index contributed by atoms with van der Waals surface area (Å²) in [5, 5.41) is 2.98. The molecule has 1 atom stereocenters. The van der Waals surface area contributed by atoms with E-state index in [1.54, 1.807) is 7.11 Å². The van der Waals surface area contributed by atoms with Crippen LogP contribution in [0, 0.1) is 0 Å². The Morgan fingerprint density at radius 3 is 2.67 bits per heavy atom. The number of hydrogen-bond donors (Lipinski definition) is 1. The lowest BCUT2D eigenvalue weighted by molar-refractivity contribution is -0.135. The molecule has 0 saturated carbocycles. The fourth-order valence-electron chi connectivity index (χ4n) is 4.49. The summed E-state index contributed by atoms with van der Waals surface area (Å²) in [6.45, 7) is 3.69. The molecule has 0 spiro atoms. The molecule has 1 unspecified atom stereocenters. The van der Waals surface area contributed by atoms with E-state index in [2.05, 4.69) is 12.2 Å². The average Bonchev–Trinajstić information content (AvgIpc) is 3.17. The Hall–Kier alpha value is -3.35. The zero-order valence-corrected chi connectivity index (χ0v) is 19.4. The fourth-order valence-corrected chi connectivity index (χ4v) is 4.49. The van der Waals surface area contributed by atoms with Gasteiger partial charge in [-0.1, -0.05) is 24.3 Å². The summed E-state index contributed by atoms with van der Waals surface area (Å²) in [5.74, 6) is 1.68. The number of nitrogens with zero attached hydrogens (tertiary/aromatic N) is 3. The molecule has 0 radical (unpaired) electrons. The maximum absolute atomic E-state index is 13.1. The van der Waals surface area contributed by atoms with Crippen LogP contribution in [-0.2, 0) is 29.0 Å². The van der Waals surface area contributed by atoms with Gasteiger partial charge in [0.2, 0.25) is 11.8 Å². The van der Waals surface area contributed by atoms with Crippen LogP contribution in [0.4, 0.5) is 0 Å². The van der Waals surface area contributed by atoms with Crippen molar-refractivity contribution in [2.45, 2.75) is 51.6 Å². The van der Waals surface area contributed by atoms with Crippen LogP contribution < -0.4 is 10.1 Å². The lowest BCUT2D eigenvalue weighted by Crippen LogP contribution is -2.43. The van der Waals surface area contributed by atoms with Crippen LogP contribution in [0.15, 0.2) is 48.5 Å². The first kappa shape index (κ1) is 22.8. The smallest absolute Gasteiger partial charge is 0.242 e. The molecule has 2 aromatic carbocycles. The van der Waals surface area contributed by atoms with E-state index in [0.717, 1.165) is 47.6 Å². The van der Waals surface area contributed by atoms with Crippen LogP contribution in [0.1, 0.15) is 37.6 Å². The van der Waals surface area contributed by atoms with Gasteiger partial charge in [-0.05, 0) is 56.0 Å². The van der Waals surface area contributed by atoms with Crippen molar-refractivity contribution in [3.63, 3.8) is 0 Å². The van der Waals surface area contributed by atoms with Crippen LogP contribution in [0.25, 0.3) is 11.0 Å². The summed E-state index contributed by atoms with van der Waals surface area (Å²) in [7, 11) is 1.62. The topological polar surface area (TPSA) is 76.5 Å². The molecule has 1 aromatic heterocycles. The van der Waals surface area contributed by atoms with Crippen LogP contribution in [-0.4, -0.2) is 52.5 Å². The summed E-state index contributed by atoms with van der Waals surface area (Å²) in [6.07, 6.45) is 4.18. The second kappa shape index (κ2) is 10.5. The van der Waals surface area contributed by atoms with Gasteiger partial charge in [-0.3, -0.25) is 9.59 Å². The Bertz CT molecular complexity index is 1110. The second-order valence-corrected chi connectivity index (χ2v) is 8.66. The van der Waals surface area contributed by atoms with E-state index in [1.165, 1.54) is 6.42 Å². The number of aromatic nitrogens is 2. The number of hydrogen-bond acceptors (Lipinski definition) is 4. The summed E-state index contributed by atoms with van der Waals surface area (Å²) in [5.41, 5.74) is 2.76. The molecule has 1 fully saturated rings. The van der Waals surface area contributed by atoms with Crippen molar-refractivity contribution in [3.05, 3.63) is 59.9 Å². The number of carbonyl (C=O) groups is 2. The number of ether oxygens (including phenoxy) is 1. The van der Waals surface area contributed by atoms with Crippen molar-refractivity contribution in [2.75, 3.05) is 20.2 Å². The Kier molecular flexibility index (Phi) is 7.27. The Morgan fingerprint density at radius 2 is 1.91 bits per heavy atom. The van der Waals surface area contributed by atoms with Crippen molar-refractivity contribution in [1.82, 2.24) is 19.8 Å². The first-order valence-corrected chi connectivity index (χ1v) is 11.7. The minimum absolute atomic E-state index is 0.0407. The molecule has 1 N–H and O–H groups in total. The van der Waals surface area contributed by atoms with Crippen LogP contribution in [0.5, 0.6) is 5.75 Å². The second-order valence-electron chi connectivity index (χ2n) is 8.66. The summed E-state index contributed by atoms with van der Waals surface area (Å²) >= 11 is 0. The number of methoxy groups -OCH3 is 1. The van der Waals surface area contributed by atoms with Crippen molar-refractivity contribution < 1.29 is 14.3 Å². The lowest BCUT2D eigenvalue weighted by atomic mass is 10.0. The molecule has 1 aliphatic heterocycles. The third-order valence-corrected chi connectivity index (χ3v) is 6.34. The quantitative estimate of drug-likeness (QED) is 0.573. The molecule has 3 aromatic rings. The number of amides is 2. The lowest BCUT2D eigenvalue weighted by Gasteiger charge is -2.33. The van der Waals surface area contributed by atoms with Crippen molar-refractivity contribution in [3.8, 4) is 5.75 Å². The standard InChI is InChI=1S/C26H32N4O3/c1-19-7-5-6-16-29(19)26(32)18-30-23-9-4-3-8-22(23)28-24(30)14-15-27-25(31)17-20-10-12-21(33-2)13-11-20/h3-4,8-13,19H,5-7,14-18H2,1-2H3,(H,27,31). The highest BCUT2D eigenvalue weighted by Crippen LogP contribution is 2.20. The van der Waals surface area contributed by atoms with Crippen molar-refractivity contribution >= 4 is 22.8 Å². The van der Waals surface area contributed by atoms with Gasteiger partial charge < -0.3 is 19.5 Å². The van der Waals surface area contributed by atoms with Gasteiger partial charge in [0.05, 0.1) is 24.6 Å². The molecule has 0 bridgehead atoms. The minimum Gasteiger partial charge on any atom is -0.497 e. The van der Waals surface area contributed by atoms with E-state index in [4.69, 9.17) is 9.72 Å². The average molecular weight is 449 g/mol. The van der Waals surface area contributed by atoms with Crippen molar-refractivity contribution in [2.24, 2.45) is 0 Å². The number of rotatable bonds is 8. The molecule has 0 aliphatic carbocycles. The number of para-hydroxylation sites is 2. The summed E-state index contributed by atoms with van der Waals surface area (Å²) in [4.78, 5) is 32.3. The van der Waals surface area contributed by atoms with Gasteiger partial charge in [-0.2, -0.15) is 0 Å². The van der Waals surface area contributed by atoms with E-state index >= 15 is 0 Å². The van der Waals surface area contributed by atoms with Crippen LogP contribution in [0.2, 0.25) is 0 Å². The molecule has 4 rings (SSSR count). The van der Waals surface area contributed by atoms with E-state index in [-0.39, 0.29) is 24.4 Å². The first-order valence-electron chi connectivity index (χ1n) is 11.7. The van der Waals surface area contributed by atoms with Gasteiger partial charge in [0.15, 0.2) is 0 Å². The molecule has 33 heavy (non-hydrogen) atoms. The van der Waals surface area contributed by atoms with Gasteiger partial charge in [-0.25, -0.2) is 4.98 Å². The zero-order chi connectivity index (χ0) is 23.2. The van der Waals surface area contributed by atoms with Gasteiger partial charge >= 0.3 is 0 Å². The predicted molar refractivity (Wildman–Crippen MR) is 128 cm³/mol. The van der Waals surface area contributed by atoms with Crippen LogP contribution >= 0.6 is 0 Å². The first-order chi connectivity index (χ1) is 16.0. The SMILES string of the molecule is COc1ccc(CC(=O)NCCc2nc3ccccc3n2CC(=O)N2CCCCC2C)cc1. The molecule has 7 heteroatoms. The molecule has 2 amide bonds. The number of piperidine rings is 1. The highest BCUT2D eigenvalue weighted by molar-refractivity contribution is 5.81. The molecular weight excluding hydrogens is 416 g/mol. The molecule has 7 nitrogen and oxygen atoms in total. The predicted octanol–water partition coefficient (Wildman–Crippen LogP) is 3.35. The zero-order valence-electron chi connectivity index (χ0n) is 19.4. The fraction of sp³-hybridized carbons (Fsp3) is 0.423. The van der Waals surface area contributed by atoms with Gasteiger partial charge in [-0.15, -0.1) is 0 Å². The number of imidazole rings is 1. The van der Waals surface area contributed by atoms with Crippen molar-refractivity contribution in [1.29, 1.82) is 0 Å². The molecule has 2 heterocycles. The number of likely N-dealkylation sites (tertiary alicyclic amines) is 1. The minimum atomic E-state index is -0.0407. The number of fused-ring (bicyclic) bond motifs is 1. The third-order valence-electron chi connectivity index (χ3n) is 6.34. The van der Waals surface area contributed by atoms with E-state index in [0.29, 0.717) is 19.4 Å². The number of benzene rings is 2. The van der Waals surface area contributed by atoms with E-state index in [9.17, 15) is 9.59 Å². The van der Waals surface area contributed by atoms with Gasteiger partial charge in [0.25, 0.3) is 0 Å². The third kappa shape index (κ3) is 5.53. The molecule has 174 valence electrons. The monoisotopic (exact) mass is 448 g/mol. The number of carbonyl (C=O) groups excluding carboxylic acids is 2. The van der Waals surface area contributed by atoms with E-state index in [1.807, 2.05) is 58.0 Å². The van der Waals surface area contributed by atoms with Crippen LogP contribution in [0.3, 0.4) is 0 Å². The Morgan fingerprint density at radius 1 is 1.12 bits per heavy atom. The Balaban J connectivity index is 1.40. The highest BCUT2D eigenvalue weighted by Gasteiger charge is 2.24. The maximum Gasteiger partial charge on any atom is 0.242 e. The highest BCUT2D eigenvalue weighted by atomic mass is 16.5. The largest absolute Gasteiger partial charge is 0.497 e. The van der Waals surface area contributed by atoms with E-state index < -0.39 is 0 Å². The molecule has 1 saturated heterocycles.